The summed E-state index contributed by atoms with van der Waals surface area (Å²) in [5.74, 6) is 0. The molecule has 4 rings (SSSR count). The maximum Gasteiger partial charge on any atom is 0.347 e. The summed E-state index contributed by atoms with van der Waals surface area (Å²) < 4.78 is 42.6. The van der Waals surface area contributed by atoms with Crippen molar-refractivity contribution in [3.63, 3.8) is 0 Å². The molecule has 13 heteroatoms. The van der Waals surface area contributed by atoms with Crippen LogP contribution in [0, 0.1) is 0 Å². The summed E-state index contributed by atoms with van der Waals surface area (Å²) in [5, 5.41) is 3.07. The zero-order valence-corrected chi connectivity index (χ0v) is 24.1. The molecule has 0 N–H and O–H groups in total. The first-order valence-electron chi connectivity index (χ1n) is 10.5. The standard InChI is InChI=1S/C22H27ClN4O4P4/c1-28-33(23)25-34(29-2,27-35(26-33,30-3)31-4)24-32(20-14-8-5-9-15-20,21-16-10-6-11-17-21)22-18-12-7-13-19-22/h5-19H,1-4H3/t33-,34+/m0/s1. The number of rotatable bonds is 8. The Balaban J connectivity index is 2.25. The fraction of sp³-hybridized carbons (Fsp3) is 0.182. The van der Waals surface area contributed by atoms with E-state index in [-0.39, 0.29) is 0 Å². The van der Waals surface area contributed by atoms with E-state index in [1.807, 2.05) is 54.6 Å². The molecule has 1 aliphatic rings. The van der Waals surface area contributed by atoms with Crippen LogP contribution in [0.25, 0.3) is 0 Å². The van der Waals surface area contributed by atoms with Gasteiger partial charge in [-0.3, -0.25) is 0 Å². The lowest BCUT2D eigenvalue weighted by atomic mass is 10.4. The van der Waals surface area contributed by atoms with Gasteiger partial charge in [0, 0.05) is 44.4 Å². The summed E-state index contributed by atoms with van der Waals surface area (Å²) in [5.41, 5.74) is 0. The first-order valence-corrected chi connectivity index (χ1v) is 17.9. The lowest BCUT2D eigenvalue weighted by Gasteiger charge is -2.32. The zero-order valence-electron chi connectivity index (χ0n) is 19.7. The molecule has 0 aliphatic carbocycles. The SMILES string of the molecule is COP1(OC)=N[P@](N=P(c2ccccc2)(c2ccccc2)c2ccccc2)(OC)=N[P@](Cl)(OC)=N1. The minimum Gasteiger partial charge on any atom is -0.319 e. The van der Waals surface area contributed by atoms with Gasteiger partial charge in [-0.15, -0.1) is 4.52 Å². The van der Waals surface area contributed by atoms with Crippen molar-refractivity contribution in [3.8, 4) is 0 Å². The Morgan fingerprint density at radius 3 is 1.37 bits per heavy atom. The molecule has 35 heavy (non-hydrogen) atoms. The van der Waals surface area contributed by atoms with E-state index in [0.717, 1.165) is 15.9 Å². The molecule has 0 unspecified atom stereocenters. The molecule has 0 aromatic heterocycles. The van der Waals surface area contributed by atoms with Crippen molar-refractivity contribution in [1.82, 2.24) is 0 Å². The van der Waals surface area contributed by atoms with Crippen LogP contribution in [0.1, 0.15) is 0 Å². The average molecular weight is 571 g/mol. The Labute approximate surface area is 211 Å². The quantitative estimate of drug-likeness (QED) is 0.258. The summed E-state index contributed by atoms with van der Waals surface area (Å²) in [7, 11) is -3.33. The highest BCUT2D eigenvalue weighted by atomic mass is 35.7. The van der Waals surface area contributed by atoms with Crippen molar-refractivity contribution >= 4 is 56.2 Å². The largest absolute Gasteiger partial charge is 0.347 e. The Kier molecular flexibility index (Phi) is 8.40. The van der Waals surface area contributed by atoms with Gasteiger partial charge in [0.2, 0.25) is 0 Å². The van der Waals surface area contributed by atoms with Crippen molar-refractivity contribution in [3.05, 3.63) is 91.0 Å². The minimum atomic E-state index is -3.36. The molecule has 2 atom stereocenters. The average Bonchev–Trinajstić information content (AvgIpc) is 2.93. The molecule has 0 saturated carbocycles. The van der Waals surface area contributed by atoms with Gasteiger partial charge in [-0.1, -0.05) is 91.0 Å². The van der Waals surface area contributed by atoms with E-state index < -0.39 is 29.1 Å². The highest BCUT2D eigenvalue weighted by Gasteiger charge is 2.41. The van der Waals surface area contributed by atoms with Crippen molar-refractivity contribution in [2.24, 2.45) is 18.1 Å². The van der Waals surface area contributed by atoms with E-state index in [0.29, 0.717) is 0 Å². The normalized spacial score (nSPS) is 23.5. The molecule has 0 bridgehead atoms. The van der Waals surface area contributed by atoms with Gasteiger partial charge in [-0.2, -0.15) is 9.03 Å². The maximum atomic E-state index is 6.79. The highest BCUT2D eigenvalue weighted by molar-refractivity contribution is 7.96. The second-order valence-corrected chi connectivity index (χ2v) is 18.6. The van der Waals surface area contributed by atoms with Crippen LogP contribution >= 0.6 is 40.3 Å². The molecule has 0 spiro atoms. The van der Waals surface area contributed by atoms with Gasteiger partial charge < -0.3 is 18.1 Å². The Morgan fingerprint density at radius 2 is 1.03 bits per heavy atom. The van der Waals surface area contributed by atoms with Crippen molar-refractivity contribution in [1.29, 1.82) is 0 Å². The number of hydrogen-bond donors (Lipinski definition) is 0. The molecule has 186 valence electrons. The summed E-state index contributed by atoms with van der Waals surface area (Å²) in [4.78, 5) is 0. The summed E-state index contributed by atoms with van der Waals surface area (Å²) in [6.07, 6.45) is 0. The third kappa shape index (κ3) is 5.24. The molecule has 3 aromatic carbocycles. The lowest BCUT2D eigenvalue weighted by molar-refractivity contribution is 0.328. The van der Waals surface area contributed by atoms with Gasteiger partial charge in [0.1, 0.15) is 0 Å². The molecule has 1 aliphatic heterocycles. The third-order valence-electron chi connectivity index (χ3n) is 5.27. The summed E-state index contributed by atoms with van der Waals surface area (Å²) in [6, 6.07) is 30.4. The Morgan fingerprint density at radius 1 is 0.600 bits per heavy atom. The maximum absolute atomic E-state index is 6.79. The van der Waals surface area contributed by atoms with Crippen LogP contribution in [0.2, 0.25) is 0 Å². The number of halogens is 1. The molecule has 0 saturated heterocycles. The van der Waals surface area contributed by atoms with Crippen LogP contribution in [-0.4, -0.2) is 28.4 Å². The Hall–Kier alpha value is -1.29. The summed E-state index contributed by atoms with van der Waals surface area (Å²) >= 11 is 6.79. The second kappa shape index (κ2) is 11.0. The second-order valence-electron chi connectivity index (χ2n) is 7.21. The molecule has 3 aromatic rings. The molecule has 0 radical (unpaired) electrons. The van der Waals surface area contributed by atoms with Crippen LogP contribution in [0.5, 0.6) is 0 Å². The predicted octanol–water partition coefficient (Wildman–Crippen LogP) is 7.84. The zero-order chi connectivity index (χ0) is 25.0. The molecular formula is C22H27ClN4O4P4. The smallest absolute Gasteiger partial charge is 0.319 e. The fourth-order valence-electron chi connectivity index (χ4n) is 3.63. The molecule has 1 heterocycles. The van der Waals surface area contributed by atoms with Gasteiger partial charge in [-0.05, 0) is 11.2 Å². The first kappa shape index (κ1) is 26.8. The van der Waals surface area contributed by atoms with Gasteiger partial charge >= 0.3 is 22.0 Å². The van der Waals surface area contributed by atoms with Crippen LogP contribution < -0.4 is 15.9 Å². The fourth-order valence-corrected chi connectivity index (χ4v) is 19.1. The topological polar surface area (TPSA) is 86.4 Å². The van der Waals surface area contributed by atoms with Crippen LogP contribution in [0.4, 0.5) is 0 Å². The van der Waals surface area contributed by atoms with E-state index in [2.05, 4.69) is 40.9 Å². The Bertz CT molecular complexity index is 1290. The van der Waals surface area contributed by atoms with Crippen molar-refractivity contribution in [2.75, 3.05) is 28.4 Å². The van der Waals surface area contributed by atoms with Crippen molar-refractivity contribution in [2.45, 2.75) is 0 Å². The molecule has 0 fully saturated rings. The van der Waals surface area contributed by atoms with E-state index in [4.69, 9.17) is 42.9 Å². The van der Waals surface area contributed by atoms with E-state index in [1.165, 1.54) is 28.4 Å². The number of benzene rings is 3. The monoisotopic (exact) mass is 570 g/mol. The van der Waals surface area contributed by atoms with E-state index in [9.17, 15) is 0 Å². The molecule has 0 amide bonds. The van der Waals surface area contributed by atoms with Crippen LogP contribution in [0.3, 0.4) is 0 Å². The highest BCUT2D eigenvalue weighted by Crippen LogP contribution is 2.83. The van der Waals surface area contributed by atoms with Gasteiger partial charge in [0.25, 0.3) is 0 Å². The van der Waals surface area contributed by atoms with Gasteiger partial charge in [-0.25, -0.2) is 4.52 Å². The number of nitrogens with zero attached hydrogens (tertiary/aromatic N) is 4. The van der Waals surface area contributed by atoms with E-state index >= 15 is 0 Å². The number of hydrogen-bond acceptors (Lipinski definition) is 8. The molecule has 8 nitrogen and oxygen atoms in total. The summed E-state index contributed by atoms with van der Waals surface area (Å²) in [6.45, 7) is -3.22. The predicted molar refractivity (Wildman–Crippen MR) is 150 cm³/mol. The van der Waals surface area contributed by atoms with E-state index in [1.54, 1.807) is 0 Å². The first-order chi connectivity index (χ1) is 16.9. The lowest BCUT2D eigenvalue weighted by Crippen LogP contribution is -2.25. The van der Waals surface area contributed by atoms with Crippen molar-refractivity contribution < 1.29 is 18.1 Å². The molecular weight excluding hydrogens is 544 g/mol. The third-order valence-corrected chi connectivity index (χ3v) is 19.4. The van der Waals surface area contributed by atoms with Gasteiger partial charge in [0.05, 0.1) is 7.05 Å². The minimum absolute atomic E-state index is 1.02. The van der Waals surface area contributed by atoms with Gasteiger partial charge in [0.15, 0.2) is 0 Å². The van der Waals surface area contributed by atoms with Crippen LogP contribution in [0.15, 0.2) is 109 Å². The van der Waals surface area contributed by atoms with Crippen LogP contribution in [-0.2, 0) is 18.1 Å².